The molecule has 0 bridgehead atoms. The minimum absolute atomic E-state index is 0.0676. The van der Waals surface area contributed by atoms with E-state index in [1.807, 2.05) is 6.92 Å². The average Bonchev–Trinajstić information content (AvgIpc) is 2.32. The van der Waals surface area contributed by atoms with E-state index >= 15 is 0 Å². The Morgan fingerprint density at radius 2 is 1.77 bits per heavy atom. The van der Waals surface area contributed by atoms with E-state index in [1.165, 1.54) is 0 Å². The summed E-state index contributed by atoms with van der Waals surface area (Å²) in [6.45, 7) is 8.70. The lowest BCUT2D eigenvalue weighted by Crippen LogP contribution is -2.29. The van der Waals surface area contributed by atoms with Crippen LogP contribution in [0.2, 0.25) is 0 Å². The molecule has 2 N–H and O–H groups in total. The third-order valence-electron chi connectivity index (χ3n) is 4.60. The third kappa shape index (κ3) is 0.857. The fourth-order valence-electron chi connectivity index (χ4n) is 2.64. The largest absolute Gasteiger partial charge is 0.384 e. The highest BCUT2D eigenvalue weighted by Crippen LogP contribution is 2.77. The van der Waals surface area contributed by atoms with Gasteiger partial charge in [0, 0.05) is 12.5 Å². The smallest absolute Gasteiger partial charge is 0.224 e. The van der Waals surface area contributed by atoms with Gasteiger partial charge in [-0.3, -0.25) is 4.79 Å². The zero-order chi connectivity index (χ0) is 10.5. The lowest BCUT2D eigenvalue weighted by molar-refractivity contribution is -0.124. The van der Waals surface area contributed by atoms with Gasteiger partial charge < -0.3 is 10.5 Å². The lowest BCUT2D eigenvalue weighted by Gasteiger charge is -2.13. The zero-order valence-electron chi connectivity index (χ0n) is 9.10. The molecule has 1 saturated carbocycles. The number of carbonyl (C=O) groups is 1. The molecule has 1 amide bonds. The van der Waals surface area contributed by atoms with E-state index in [0.29, 0.717) is 6.61 Å². The van der Waals surface area contributed by atoms with Gasteiger partial charge in [0.2, 0.25) is 5.91 Å². The molecule has 0 aromatic rings. The Labute approximate surface area is 79.6 Å². The number of amides is 1. The Morgan fingerprint density at radius 3 is 2.00 bits per heavy atom. The highest BCUT2D eigenvalue weighted by molar-refractivity contribution is 5.87. The van der Waals surface area contributed by atoms with Crippen LogP contribution < -0.4 is 5.73 Å². The molecule has 0 aromatic heterocycles. The van der Waals surface area contributed by atoms with Crippen molar-refractivity contribution in [1.29, 1.82) is 0 Å². The summed E-state index contributed by atoms with van der Waals surface area (Å²) in [7, 11) is 1.65. The fourth-order valence-corrected chi connectivity index (χ4v) is 2.64. The summed E-state index contributed by atoms with van der Waals surface area (Å²) in [5.41, 5.74) is 4.79. The number of methoxy groups -OCH3 is 1. The first-order valence-corrected chi connectivity index (χ1v) is 4.54. The van der Waals surface area contributed by atoms with Gasteiger partial charge in [-0.05, 0) is 12.3 Å². The van der Waals surface area contributed by atoms with Crippen LogP contribution in [0.15, 0.2) is 0 Å². The molecule has 2 unspecified atom stereocenters. The van der Waals surface area contributed by atoms with E-state index in [2.05, 4.69) is 20.8 Å². The van der Waals surface area contributed by atoms with Crippen molar-refractivity contribution in [3.63, 3.8) is 0 Å². The summed E-state index contributed by atoms with van der Waals surface area (Å²) in [5, 5.41) is 0. The summed E-state index contributed by atoms with van der Waals surface area (Å²) in [4.78, 5) is 11.4. The summed E-state index contributed by atoms with van der Waals surface area (Å²) >= 11 is 0. The topological polar surface area (TPSA) is 52.3 Å². The van der Waals surface area contributed by atoms with Gasteiger partial charge in [0.05, 0.1) is 12.0 Å². The predicted octanol–water partition coefficient (Wildman–Crippen LogP) is 1.17. The molecule has 1 fully saturated rings. The molecule has 1 rings (SSSR count). The van der Waals surface area contributed by atoms with Crippen molar-refractivity contribution in [2.75, 3.05) is 13.7 Å². The molecule has 0 radical (unpaired) electrons. The molecule has 2 atom stereocenters. The standard InChI is InChI=1S/C10H19NO2/c1-8(2)9(3,6-13-5)10(8,4)7(11)12/h6H2,1-5H3,(H2,11,12). The van der Waals surface area contributed by atoms with Gasteiger partial charge in [-0.2, -0.15) is 0 Å². The first-order chi connectivity index (χ1) is 5.75. The second-order valence-corrected chi connectivity index (χ2v) is 4.88. The van der Waals surface area contributed by atoms with Crippen molar-refractivity contribution >= 4 is 5.91 Å². The van der Waals surface area contributed by atoms with Crippen LogP contribution in [0.1, 0.15) is 27.7 Å². The predicted molar refractivity (Wildman–Crippen MR) is 51.1 cm³/mol. The molecule has 1 aliphatic rings. The quantitative estimate of drug-likeness (QED) is 0.717. The van der Waals surface area contributed by atoms with Crippen LogP contribution >= 0.6 is 0 Å². The number of ether oxygens (including phenoxy) is 1. The summed E-state index contributed by atoms with van der Waals surface area (Å²) in [6.07, 6.45) is 0. The SMILES string of the molecule is COCC1(C)C(C)(C)C1(C)C(N)=O. The Balaban J connectivity index is 2.99. The van der Waals surface area contributed by atoms with E-state index in [-0.39, 0.29) is 16.7 Å². The minimum atomic E-state index is -0.435. The van der Waals surface area contributed by atoms with Crippen molar-refractivity contribution in [3.8, 4) is 0 Å². The summed E-state index contributed by atoms with van der Waals surface area (Å²) in [6, 6.07) is 0. The third-order valence-corrected chi connectivity index (χ3v) is 4.60. The van der Waals surface area contributed by atoms with Crippen LogP contribution in [0, 0.1) is 16.2 Å². The van der Waals surface area contributed by atoms with Crippen molar-refractivity contribution in [2.24, 2.45) is 22.0 Å². The van der Waals surface area contributed by atoms with Gasteiger partial charge in [-0.1, -0.05) is 20.8 Å². The van der Waals surface area contributed by atoms with E-state index in [1.54, 1.807) is 7.11 Å². The molecule has 0 spiro atoms. The Hall–Kier alpha value is -0.570. The normalized spacial score (nSPS) is 41.6. The Morgan fingerprint density at radius 1 is 1.31 bits per heavy atom. The maximum atomic E-state index is 11.4. The van der Waals surface area contributed by atoms with Gasteiger partial charge in [-0.15, -0.1) is 0 Å². The number of primary amides is 1. The molecule has 0 aliphatic heterocycles. The fraction of sp³-hybridized carbons (Fsp3) is 0.900. The van der Waals surface area contributed by atoms with Crippen LogP contribution in [-0.4, -0.2) is 19.6 Å². The average molecular weight is 185 g/mol. The second kappa shape index (κ2) is 2.47. The molecular formula is C10H19NO2. The molecule has 13 heavy (non-hydrogen) atoms. The molecule has 3 nitrogen and oxygen atoms in total. The van der Waals surface area contributed by atoms with Gasteiger partial charge in [0.25, 0.3) is 0 Å². The number of hydrogen-bond acceptors (Lipinski definition) is 2. The lowest BCUT2D eigenvalue weighted by atomic mass is 9.96. The number of carbonyl (C=O) groups excluding carboxylic acids is 1. The van der Waals surface area contributed by atoms with Crippen LogP contribution in [0.5, 0.6) is 0 Å². The van der Waals surface area contributed by atoms with E-state index in [0.717, 1.165) is 0 Å². The monoisotopic (exact) mass is 185 g/mol. The Bertz CT molecular complexity index is 249. The van der Waals surface area contributed by atoms with Gasteiger partial charge >= 0.3 is 0 Å². The number of hydrogen-bond donors (Lipinski definition) is 1. The highest BCUT2D eigenvalue weighted by atomic mass is 16.5. The van der Waals surface area contributed by atoms with E-state index in [4.69, 9.17) is 10.5 Å². The molecule has 0 heterocycles. The van der Waals surface area contributed by atoms with Gasteiger partial charge in [0.1, 0.15) is 0 Å². The van der Waals surface area contributed by atoms with E-state index < -0.39 is 5.41 Å². The first kappa shape index (κ1) is 10.5. The highest BCUT2D eigenvalue weighted by Gasteiger charge is 2.80. The van der Waals surface area contributed by atoms with Gasteiger partial charge in [0.15, 0.2) is 0 Å². The van der Waals surface area contributed by atoms with Crippen LogP contribution in [0.4, 0.5) is 0 Å². The first-order valence-electron chi connectivity index (χ1n) is 4.54. The van der Waals surface area contributed by atoms with Crippen LogP contribution in [0.25, 0.3) is 0 Å². The maximum absolute atomic E-state index is 11.4. The van der Waals surface area contributed by atoms with Crippen molar-refractivity contribution < 1.29 is 9.53 Å². The zero-order valence-corrected chi connectivity index (χ0v) is 9.10. The van der Waals surface area contributed by atoms with Crippen molar-refractivity contribution in [3.05, 3.63) is 0 Å². The van der Waals surface area contributed by atoms with E-state index in [9.17, 15) is 4.79 Å². The molecule has 0 aromatic carbocycles. The molecule has 3 heteroatoms. The molecule has 1 aliphatic carbocycles. The van der Waals surface area contributed by atoms with Crippen LogP contribution in [0.3, 0.4) is 0 Å². The van der Waals surface area contributed by atoms with Crippen LogP contribution in [-0.2, 0) is 9.53 Å². The van der Waals surface area contributed by atoms with Crippen molar-refractivity contribution in [1.82, 2.24) is 0 Å². The summed E-state index contributed by atoms with van der Waals surface area (Å²) < 4.78 is 5.14. The Kier molecular flexibility index (Phi) is 2.00. The maximum Gasteiger partial charge on any atom is 0.224 e. The molecule has 0 saturated heterocycles. The number of nitrogens with two attached hydrogens (primary N) is 1. The molecule has 76 valence electrons. The summed E-state index contributed by atoms with van der Waals surface area (Å²) in [5.74, 6) is -0.225. The number of rotatable bonds is 3. The minimum Gasteiger partial charge on any atom is -0.384 e. The molecular weight excluding hydrogens is 166 g/mol. The second-order valence-electron chi connectivity index (χ2n) is 4.88. The van der Waals surface area contributed by atoms with Gasteiger partial charge in [-0.25, -0.2) is 0 Å². The van der Waals surface area contributed by atoms with Crippen molar-refractivity contribution in [2.45, 2.75) is 27.7 Å².